The Hall–Kier alpha value is -4.38. The van der Waals surface area contributed by atoms with E-state index in [0.29, 0.717) is 23.9 Å². The van der Waals surface area contributed by atoms with Crippen molar-refractivity contribution in [3.63, 3.8) is 0 Å². The number of amides is 1. The molecule has 3 aromatic carbocycles. The van der Waals surface area contributed by atoms with Crippen LogP contribution >= 0.6 is 11.6 Å². The van der Waals surface area contributed by atoms with Gasteiger partial charge in [0.2, 0.25) is 11.1 Å². The van der Waals surface area contributed by atoms with Gasteiger partial charge in [-0.25, -0.2) is 9.97 Å². The summed E-state index contributed by atoms with van der Waals surface area (Å²) in [5, 5.41) is 14.9. The van der Waals surface area contributed by atoms with Crippen LogP contribution in [0.1, 0.15) is 0 Å². The second-order valence-corrected chi connectivity index (χ2v) is 9.29. The maximum Gasteiger partial charge on any atom is 0.247 e. The summed E-state index contributed by atoms with van der Waals surface area (Å²) >= 11 is 4.81. The Kier molecular flexibility index (Phi) is 9.16. The second kappa shape index (κ2) is 12.9. The van der Waals surface area contributed by atoms with Gasteiger partial charge in [0.25, 0.3) is 0 Å². The Morgan fingerprint density at radius 1 is 1.00 bits per heavy atom. The lowest BCUT2D eigenvalue weighted by Gasteiger charge is -2.13. The van der Waals surface area contributed by atoms with Gasteiger partial charge in [0.05, 0.1) is 23.8 Å². The van der Waals surface area contributed by atoms with Gasteiger partial charge in [0.1, 0.15) is 12.4 Å². The van der Waals surface area contributed by atoms with Crippen LogP contribution in [0.15, 0.2) is 72.9 Å². The molecule has 10 nitrogen and oxygen atoms in total. The summed E-state index contributed by atoms with van der Waals surface area (Å²) in [5.41, 5.74) is 4.23. The Morgan fingerprint density at radius 3 is 2.56 bits per heavy atom. The summed E-state index contributed by atoms with van der Waals surface area (Å²) in [7, 11) is 5.13. The SMILES string of the molecule is CN(C)CC(=O)Nc1cccc(-c2nc(Nc3ccc4[nH]ncc4c3)c3ccccc3n2)c1.COCC(=O)Cl. The molecule has 0 unspecified atom stereocenters. The van der Waals surface area contributed by atoms with Crippen molar-refractivity contribution in [1.82, 2.24) is 25.1 Å². The zero-order valence-corrected chi connectivity index (χ0v) is 22.5. The van der Waals surface area contributed by atoms with E-state index in [1.807, 2.05) is 85.7 Å². The molecule has 0 radical (unpaired) electrons. The van der Waals surface area contributed by atoms with Crippen molar-refractivity contribution in [3.05, 3.63) is 72.9 Å². The van der Waals surface area contributed by atoms with Gasteiger partial charge in [0.15, 0.2) is 5.82 Å². The number of nitrogens with zero attached hydrogens (tertiary/aromatic N) is 4. The van der Waals surface area contributed by atoms with Gasteiger partial charge >= 0.3 is 0 Å². The van der Waals surface area contributed by atoms with E-state index in [2.05, 4.69) is 25.6 Å². The summed E-state index contributed by atoms with van der Waals surface area (Å²) in [4.78, 5) is 33.3. The number of aromatic amines is 1. The van der Waals surface area contributed by atoms with Gasteiger partial charge < -0.3 is 20.3 Å². The van der Waals surface area contributed by atoms with E-state index in [1.165, 1.54) is 7.11 Å². The number of rotatable bonds is 8. The normalized spacial score (nSPS) is 10.8. The first-order chi connectivity index (χ1) is 18.8. The first kappa shape index (κ1) is 27.6. The monoisotopic (exact) mass is 545 g/mol. The van der Waals surface area contributed by atoms with Crippen molar-refractivity contribution < 1.29 is 14.3 Å². The first-order valence-corrected chi connectivity index (χ1v) is 12.4. The standard InChI is InChI=1S/C25H23N7O.C3H5ClO2/c1-32(2)15-23(33)27-18-7-5-6-16(12-18)24-29-22-9-4-3-8-20(22)25(30-24)28-19-10-11-21-17(13-19)14-26-31-21;1-6-2-3(4)5/h3-14H,15H2,1-2H3,(H,26,31)(H,27,33)(H,28,29,30);2H2,1H3. The van der Waals surface area contributed by atoms with Crippen molar-refractivity contribution in [3.8, 4) is 11.4 Å². The molecule has 0 atom stereocenters. The molecular formula is C28H28ClN7O3. The number of likely N-dealkylation sites (N-methyl/N-ethyl adjacent to an activating group) is 1. The number of benzene rings is 3. The Labute approximate surface area is 230 Å². The number of methoxy groups -OCH3 is 1. The fourth-order valence-electron chi connectivity index (χ4n) is 3.80. The van der Waals surface area contributed by atoms with E-state index in [9.17, 15) is 9.59 Å². The zero-order chi connectivity index (χ0) is 27.8. The van der Waals surface area contributed by atoms with Gasteiger partial charge in [0, 0.05) is 34.8 Å². The maximum atomic E-state index is 12.2. The van der Waals surface area contributed by atoms with Crippen LogP contribution in [0.3, 0.4) is 0 Å². The molecule has 39 heavy (non-hydrogen) atoms. The fourth-order valence-corrected chi connectivity index (χ4v) is 3.90. The number of halogens is 1. The van der Waals surface area contributed by atoms with E-state index in [0.717, 1.165) is 33.1 Å². The van der Waals surface area contributed by atoms with Gasteiger partial charge in [-0.3, -0.25) is 14.7 Å². The number of carbonyl (C=O) groups is 2. The number of H-pyrrole nitrogens is 1. The number of aromatic nitrogens is 4. The highest BCUT2D eigenvalue weighted by Gasteiger charge is 2.12. The smallest absolute Gasteiger partial charge is 0.247 e. The number of para-hydroxylation sites is 1. The van der Waals surface area contributed by atoms with Crippen LogP contribution in [0.5, 0.6) is 0 Å². The zero-order valence-electron chi connectivity index (χ0n) is 21.7. The van der Waals surface area contributed by atoms with E-state index in [1.54, 1.807) is 6.20 Å². The minimum atomic E-state index is -0.461. The Bertz CT molecular complexity index is 1600. The van der Waals surface area contributed by atoms with Gasteiger partial charge in [-0.1, -0.05) is 24.3 Å². The molecular weight excluding hydrogens is 518 g/mol. The molecule has 5 rings (SSSR count). The average Bonchev–Trinajstić information content (AvgIpc) is 3.36. The average molecular weight is 546 g/mol. The van der Waals surface area contributed by atoms with Crippen molar-refractivity contribution in [2.75, 3.05) is 45.0 Å². The Morgan fingerprint density at radius 2 is 1.82 bits per heavy atom. The van der Waals surface area contributed by atoms with Crippen molar-refractivity contribution in [2.24, 2.45) is 0 Å². The summed E-state index contributed by atoms with van der Waals surface area (Å²) < 4.78 is 4.32. The number of hydrogen-bond donors (Lipinski definition) is 3. The molecule has 0 saturated heterocycles. The maximum absolute atomic E-state index is 12.2. The minimum Gasteiger partial charge on any atom is -0.376 e. The van der Waals surface area contributed by atoms with Crippen molar-refractivity contribution in [1.29, 1.82) is 0 Å². The first-order valence-electron chi connectivity index (χ1n) is 12.0. The molecule has 2 heterocycles. The predicted molar refractivity (Wildman–Crippen MR) is 154 cm³/mol. The van der Waals surface area contributed by atoms with Crippen LogP contribution in [-0.4, -0.2) is 70.6 Å². The van der Waals surface area contributed by atoms with Crippen LogP contribution in [0.2, 0.25) is 0 Å². The molecule has 200 valence electrons. The minimum absolute atomic E-state index is 0.00154. The summed E-state index contributed by atoms with van der Waals surface area (Å²) in [5.74, 6) is 1.21. The molecule has 0 spiro atoms. The molecule has 1 amide bonds. The van der Waals surface area contributed by atoms with Crippen LogP contribution in [0, 0.1) is 0 Å². The van der Waals surface area contributed by atoms with Crippen molar-refractivity contribution >= 4 is 61.7 Å². The second-order valence-electron chi connectivity index (χ2n) is 8.86. The third-order valence-corrected chi connectivity index (χ3v) is 5.54. The van der Waals surface area contributed by atoms with Gasteiger partial charge in [-0.15, -0.1) is 0 Å². The molecule has 0 aliphatic heterocycles. The molecule has 0 aliphatic carbocycles. The topological polar surface area (TPSA) is 125 Å². The fraction of sp³-hybridized carbons (Fsp3) is 0.179. The summed E-state index contributed by atoms with van der Waals surface area (Å²) in [6, 6.07) is 21.4. The molecule has 5 aromatic rings. The van der Waals surface area contributed by atoms with E-state index in [-0.39, 0.29) is 12.5 Å². The van der Waals surface area contributed by atoms with Crippen LogP contribution in [0.25, 0.3) is 33.2 Å². The lowest BCUT2D eigenvalue weighted by Crippen LogP contribution is -2.27. The highest BCUT2D eigenvalue weighted by Crippen LogP contribution is 2.29. The lowest BCUT2D eigenvalue weighted by molar-refractivity contribution is -0.117. The molecule has 0 aliphatic rings. The number of carbonyl (C=O) groups excluding carboxylic acids is 2. The highest BCUT2D eigenvalue weighted by atomic mass is 35.5. The van der Waals surface area contributed by atoms with Gasteiger partial charge in [-0.2, -0.15) is 5.10 Å². The predicted octanol–water partition coefficient (Wildman–Crippen LogP) is 4.82. The largest absolute Gasteiger partial charge is 0.376 e. The molecule has 0 bridgehead atoms. The van der Waals surface area contributed by atoms with Crippen molar-refractivity contribution in [2.45, 2.75) is 0 Å². The van der Waals surface area contributed by atoms with E-state index >= 15 is 0 Å². The number of hydrogen-bond acceptors (Lipinski definition) is 8. The van der Waals surface area contributed by atoms with E-state index < -0.39 is 5.24 Å². The van der Waals surface area contributed by atoms with E-state index in [4.69, 9.17) is 21.6 Å². The van der Waals surface area contributed by atoms with Crippen LogP contribution < -0.4 is 10.6 Å². The van der Waals surface area contributed by atoms with Crippen LogP contribution in [0.4, 0.5) is 17.2 Å². The van der Waals surface area contributed by atoms with Gasteiger partial charge in [-0.05, 0) is 68.2 Å². The third kappa shape index (κ3) is 7.57. The molecule has 2 aromatic heterocycles. The summed E-state index contributed by atoms with van der Waals surface area (Å²) in [6.07, 6.45) is 1.79. The number of ether oxygens (including phenoxy) is 1. The molecule has 11 heteroatoms. The quantitative estimate of drug-likeness (QED) is 0.237. The Balaban J connectivity index is 0.000000531. The number of fused-ring (bicyclic) bond motifs is 2. The van der Waals surface area contributed by atoms with Crippen LogP contribution in [-0.2, 0) is 14.3 Å². The molecule has 3 N–H and O–H groups in total. The number of nitrogens with one attached hydrogen (secondary N) is 3. The molecule has 0 fully saturated rings. The molecule has 0 saturated carbocycles. The lowest BCUT2D eigenvalue weighted by atomic mass is 10.1. The third-order valence-electron chi connectivity index (χ3n) is 5.43. The number of anilines is 3. The highest BCUT2D eigenvalue weighted by molar-refractivity contribution is 6.63. The summed E-state index contributed by atoms with van der Waals surface area (Å²) in [6.45, 7) is 0.313.